The van der Waals surface area contributed by atoms with Crippen LogP contribution in [0.5, 0.6) is 0 Å². The second-order valence-corrected chi connectivity index (χ2v) is 7.81. The summed E-state index contributed by atoms with van der Waals surface area (Å²) in [7, 11) is 0. The van der Waals surface area contributed by atoms with Gasteiger partial charge in [0, 0.05) is 0 Å². The predicted octanol–water partition coefficient (Wildman–Crippen LogP) is 3.34. The highest BCUT2D eigenvalue weighted by atomic mass is 16.6. The quantitative estimate of drug-likeness (QED) is 0.558. The van der Waals surface area contributed by atoms with Gasteiger partial charge in [-0.25, -0.2) is 0 Å². The van der Waals surface area contributed by atoms with Crippen LogP contribution in [0.2, 0.25) is 0 Å². The van der Waals surface area contributed by atoms with Gasteiger partial charge in [0.15, 0.2) is 0 Å². The summed E-state index contributed by atoms with van der Waals surface area (Å²) < 4.78 is 10.6. The monoisotopic (exact) mass is 308 g/mol. The number of hydrogen-bond donors (Lipinski definition) is 0. The molecule has 0 aromatic carbocycles. The van der Waals surface area contributed by atoms with E-state index in [-0.39, 0.29) is 36.5 Å². The van der Waals surface area contributed by atoms with Crippen LogP contribution in [0.4, 0.5) is 0 Å². The van der Waals surface area contributed by atoms with Gasteiger partial charge in [-0.15, -0.1) is 0 Å². The van der Waals surface area contributed by atoms with Crippen LogP contribution in [-0.4, -0.2) is 25.2 Å². The topological polar surface area (TPSA) is 52.6 Å². The van der Waals surface area contributed by atoms with Gasteiger partial charge in [-0.3, -0.25) is 9.59 Å². The van der Waals surface area contributed by atoms with Crippen molar-refractivity contribution in [3.63, 3.8) is 0 Å². The minimum absolute atomic E-state index is 0.0359. The third kappa shape index (κ3) is 3.02. The molecule has 4 bridgehead atoms. The third-order valence-electron chi connectivity index (χ3n) is 6.05. The first kappa shape index (κ1) is 15.8. The van der Waals surface area contributed by atoms with E-state index < -0.39 is 0 Å². The maximum Gasteiger partial charge on any atom is 0.312 e. The maximum absolute atomic E-state index is 12.6. The molecule has 1 unspecified atom stereocenters. The summed E-state index contributed by atoms with van der Waals surface area (Å²) in [5.74, 6) is 1.89. The van der Waals surface area contributed by atoms with E-state index in [4.69, 9.17) is 9.47 Å². The second-order valence-electron chi connectivity index (χ2n) is 7.81. The van der Waals surface area contributed by atoms with Gasteiger partial charge in [0.2, 0.25) is 0 Å². The molecule has 0 N–H and O–H groups in total. The van der Waals surface area contributed by atoms with Crippen molar-refractivity contribution in [2.75, 3.05) is 13.2 Å². The molecule has 0 amide bonds. The van der Waals surface area contributed by atoms with Crippen molar-refractivity contribution in [2.45, 2.75) is 58.8 Å². The normalized spacial score (nSPS) is 36.9. The van der Waals surface area contributed by atoms with Crippen molar-refractivity contribution in [3.05, 3.63) is 0 Å². The molecule has 0 spiro atoms. The molecule has 0 aromatic heterocycles. The lowest BCUT2D eigenvalue weighted by Gasteiger charge is -2.55. The SMILES string of the molecule is CCC(C)C(=O)OCCOC(=O)C12CC3CC(CC(C3)C1)C2. The Labute approximate surface area is 132 Å². The van der Waals surface area contributed by atoms with E-state index in [9.17, 15) is 9.59 Å². The summed E-state index contributed by atoms with van der Waals surface area (Å²) >= 11 is 0. The van der Waals surface area contributed by atoms with Gasteiger partial charge in [0.05, 0.1) is 11.3 Å². The van der Waals surface area contributed by atoms with Crippen molar-refractivity contribution >= 4 is 11.9 Å². The van der Waals surface area contributed by atoms with Crippen LogP contribution in [0.25, 0.3) is 0 Å². The molecule has 124 valence electrons. The highest BCUT2D eigenvalue weighted by Crippen LogP contribution is 2.60. The van der Waals surface area contributed by atoms with Gasteiger partial charge in [-0.05, 0) is 62.7 Å². The lowest BCUT2D eigenvalue weighted by molar-refractivity contribution is -0.174. The van der Waals surface area contributed by atoms with Crippen molar-refractivity contribution < 1.29 is 19.1 Å². The zero-order valence-corrected chi connectivity index (χ0v) is 13.8. The standard InChI is InChI=1S/C18H28O4/c1-3-12(2)16(19)21-4-5-22-17(20)18-9-13-6-14(10-18)8-15(7-13)11-18/h12-15H,3-11H2,1-2H3. The molecule has 4 aliphatic carbocycles. The first-order chi connectivity index (χ1) is 10.5. The lowest BCUT2D eigenvalue weighted by atomic mass is 9.49. The molecule has 0 heterocycles. The van der Waals surface area contributed by atoms with Gasteiger partial charge >= 0.3 is 11.9 Å². The molecule has 22 heavy (non-hydrogen) atoms. The largest absolute Gasteiger partial charge is 0.462 e. The van der Waals surface area contributed by atoms with E-state index in [0.717, 1.165) is 43.4 Å². The Hall–Kier alpha value is -1.06. The Bertz CT molecular complexity index is 407. The number of carbonyl (C=O) groups excluding carboxylic acids is 2. The summed E-state index contributed by atoms with van der Waals surface area (Å²) in [6, 6.07) is 0. The van der Waals surface area contributed by atoms with Gasteiger partial charge in [-0.1, -0.05) is 13.8 Å². The van der Waals surface area contributed by atoms with Crippen molar-refractivity contribution in [1.29, 1.82) is 0 Å². The van der Waals surface area contributed by atoms with Crippen LogP contribution in [0.15, 0.2) is 0 Å². The van der Waals surface area contributed by atoms with E-state index in [1.807, 2.05) is 13.8 Å². The summed E-state index contributed by atoms with van der Waals surface area (Å²) in [5.41, 5.74) is -0.213. The molecule has 0 saturated heterocycles. The molecule has 4 saturated carbocycles. The molecule has 4 aliphatic rings. The molecule has 0 aliphatic heterocycles. The van der Waals surface area contributed by atoms with Crippen molar-refractivity contribution in [1.82, 2.24) is 0 Å². The van der Waals surface area contributed by atoms with Crippen LogP contribution in [0, 0.1) is 29.1 Å². The molecular formula is C18H28O4. The zero-order chi connectivity index (χ0) is 15.7. The van der Waals surface area contributed by atoms with Crippen LogP contribution >= 0.6 is 0 Å². The van der Waals surface area contributed by atoms with Gasteiger partial charge < -0.3 is 9.47 Å². The van der Waals surface area contributed by atoms with Crippen LogP contribution in [-0.2, 0) is 19.1 Å². The van der Waals surface area contributed by atoms with E-state index in [1.165, 1.54) is 19.3 Å². The average Bonchev–Trinajstić information content (AvgIpc) is 2.48. The summed E-state index contributed by atoms with van der Waals surface area (Å²) in [6.07, 6.45) is 7.78. The summed E-state index contributed by atoms with van der Waals surface area (Å²) in [5, 5.41) is 0. The Morgan fingerprint density at radius 1 is 1.00 bits per heavy atom. The third-order valence-corrected chi connectivity index (χ3v) is 6.05. The Morgan fingerprint density at radius 2 is 1.50 bits per heavy atom. The molecule has 4 rings (SSSR count). The van der Waals surface area contributed by atoms with Crippen LogP contribution < -0.4 is 0 Å². The summed E-state index contributed by atoms with van der Waals surface area (Å²) in [4.78, 5) is 24.1. The van der Waals surface area contributed by atoms with Gasteiger partial charge in [-0.2, -0.15) is 0 Å². The van der Waals surface area contributed by atoms with Gasteiger partial charge in [0.1, 0.15) is 13.2 Å². The van der Waals surface area contributed by atoms with Crippen LogP contribution in [0.3, 0.4) is 0 Å². The first-order valence-corrected chi connectivity index (χ1v) is 8.86. The Balaban J connectivity index is 1.46. The van der Waals surface area contributed by atoms with E-state index >= 15 is 0 Å². The lowest BCUT2D eigenvalue weighted by Crippen LogP contribution is -2.50. The fourth-order valence-electron chi connectivity index (χ4n) is 5.10. The smallest absolute Gasteiger partial charge is 0.312 e. The van der Waals surface area contributed by atoms with Gasteiger partial charge in [0.25, 0.3) is 0 Å². The number of esters is 2. The molecular weight excluding hydrogens is 280 g/mol. The molecule has 0 radical (unpaired) electrons. The van der Waals surface area contributed by atoms with E-state index in [2.05, 4.69) is 0 Å². The first-order valence-electron chi connectivity index (χ1n) is 8.86. The second kappa shape index (κ2) is 6.21. The number of hydrogen-bond acceptors (Lipinski definition) is 4. The molecule has 4 nitrogen and oxygen atoms in total. The molecule has 0 aromatic rings. The predicted molar refractivity (Wildman–Crippen MR) is 82.0 cm³/mol. The highest BCUT2D eigenvalue weighted by molar-refractivity contribution is 5.77. The minimum Gasteiger partial charge on any atom is -0.462 e. The Morgan fingerprint density at radius 3 is 2.00 bits per heavy atom. The van der Waals surface area contributed by atoms with Crippen molar-refractivity contribution in [3.8, 4) is 0 Å². The number of rotatable bonds is 6. The van der Waals surface area contributed by atoms with E-state index in [0.29, 0.717) is 0 Å². The summed E-state index contributed by atoms with van der Waals surface area (Å²) in [6.45, 7) is 4.19. The number of carbonyl (C=O) groups is 2. The zero-order valence-electron chi connectivity index (χ0n) is 13.8. The molecule has 1 atom stereocenters. The Kier molecular flexibility index (Phi) is 4.47. The fourth-order valence-corrected chi connectivity index (χ4v) is 5.10. The molecule has 4 fully saturated rings. The highest BCUT2D eigenvalue weighted by Gasteiger charge is 2.55. The minimum atomic E-state index is -0.213. The van der Waals surface area contributed by atoms with E-state index in [1.54, 1.807) is 0 Å². The molecule has 4 heteroatoms. The van der Waals surface area contributed by atoms with Crippen molar-refractivity contribution in [2.24, 2.45) is 29.1 Å². The van der Waals surface area contributed by atoms with Crippen LogP contribution in [0.1, 0.15) is 58.8 Å². The average molecular weight is 308 g/mol. The fraction of sp³-hybridized carbons (Fsp3) is 0.889. The number of ether oxygens (including phenoxy) is 2. The maximum atomic E-state index is 12.6.